The fraction of sp³-hybridized carbons (Fsp3) is 0.556. The number of nitrogens with zero attached hydrogens (tertiary/aromatic N) is 1. The number of hydrogen-bond donors (Lipinski definition) is 3. The van der Waals surface area contributed by atoms with Gasteiger partial charge in [-0.15, -0.1) is 0 Å². The van der Waals surface area contributed by atoms with Crippen LogP contribution in [0.5, 0.6) is 0 Å². The van der Waals surface area contributed by atoms with Gasteiger partial charge in [-0.25, -0.2) is 4.79 Å². The van der Waals surface area contributed by atoms with Crippen molar-refractivity contribution < 1.29 is 9.53 Å². The Morgan fingerprint density at radius 1 is 1.12 bits per heavy atom. The molecular formula is C18H29ClN4O2. The largest absolute Gasteiger partial charge is 0.444 e. The summed E-state index contributed by atoms with van der Waals surface area (Å²) in [6.07, 6.45) is 1.43. The lowest BCUT2D eigenvalue weighted by atomic mass is 10.1. The molecule has 3 N–H and O–H groups in total. The smallest absolute Gasteiger partial charge is 0.407 e. The van der Waals surface area contributed by atoms with Gasteiger partial charge in [0.05, 0.1) is 0 Å². The third kappa shape index (κ3) is 9.82. The van der Waals surface area contributed by atoms with Crippen LogP contribution in [0.25, 0.3) is 0 Å². The fourth-order valence-corrected chi connectivity index (χ4v) is 2.30. The molecule has 6 nitrogen and oxygen atoms in total. The molecule has 0 spiro atoms. The van der Waals surface area contributed by atoms with Crippen LogP contribution in [0.1, 0.15) is 32.8 Å². The zero-order valence-corrected chi connectivity index (χ0v) is 16.2. The molecule has 0 aliphatic rings. The summed E-state index contributed by atoms with van der Waals surface area (Å²) >= 11 is 6.14. The molecule has 1 amide bonds. The Balaban J connectivity index is 2.16. The zero-order valence-electron chi connectivity index (χ0n) is 15.5. The predicted molar refractivity (Wildman–Crippen MR) is 103 cm³/mol. The Kier molecular flexibility index (Phi) is 9.13. The van der Waals surface area contributed by atoms with Crippen LogP contribution in [0.4, 0.5) is 4.79 Å². The minimum Gasteiger partial charge on any atom is -0.444 e. The lowest BCUT2D eigenvalue weighted by molar-refractivity contribution is 0.0529. The number of halogens is 1. The molecule has 0 radical (unpaired) electrons. The van der Waals surface area contributed by atoms with E-state index in [4.69, 9.17) is 16.3 Å². The third-order valence-electron chi connectivity index (χ3n) is 3.18. The van der Waals surface area contributed by atoms with E-state index in [0.29, 0.717) is 19.0 Å². The zero-order chi connectivity index (χ0) is 18.7. The van der Waals surface area contributed by atoms with Crippen molar-refractivity contribution in [2.75, 3.05) is 26.7 Å². The van der Waals surface area contributed by atoms with Crippen molar-refractivity contribution in [3.8, 4) is 0 Å². The van der Waals surface area contributed by atoms with Crippen LogP contribution in [0, 0.1) is 0 Å². The summed E-state index contributed by atoms with van der Waals surface area (Å²) in [6, 6.07) is 7.87. The number of carbonyl (C=O) groups excluding carboxylic acids is 1. The monoisotopic (exact) mass is 368 g/mol. The maximum absolute atomic E-state index is 11.5. The van der Waals surface area contributed by atoms with Crippen LogP contribution < -0.4 is 16.0 Å². The third-order valence-corrected chi connectivity index (χ3v) is 3.55. The SMILES string of the molecule is CN=C(NCCCc1ccccc1Cl)NCCNC(=O)OC(C)(C)C. The summed E-state index contributed by atoms with van der Waals surface area (Å²) in [5.41, 5.74) is 0.659. The molecule has 0 aromatic heterocycles. The van der Waals surface area contributed by atoms with Gasteiger partial charge in [-0.2, -0.15) is 0 Å². The molecule has 0 bridgehead atoms. The number of rotatable bonds is 7. The molecule has 0 atom stereocenters. The van der Waals surface area contributed by atoms with Crippen molar-refractivity contribution in [2.45, 2.75) is 39.2 Å². The summed E-state index contributed by atoms with van der Waals surface area (Å²) in [5.74, 6) is 0.699. The van der Waals surface area contributed by atoms with Crippen molar-refractivity contribution in [2.24, 2.45) is 4.99 Å². The van der Waals surface area contributed by atoms with Gasteiger partial charge >= 0.3 is 6.09 Å². The average molecular weight is 369 g/mol. The summed E-state index contributed by atoms with van der Waals surface area (Å²) in [6.45, 7) is 7.29. The van der Waals surface area contributed by atoms with E-state index in [1.54, 1.807) is 7.05 Å². The molecule has 0 saturated carbocycles. The van der Waals surface area contributed by atoms with Crippen molar-refractivity contribution >= 4 is 23.7 Å². The quantitative estimate of drug-likeness (QED) is 0.393. The maximum atomic E-state index is 11.5. The molecule has 0 saturated heterocycles. The van der Waals surface area contributed by atoms with Gasteiger partial charge in [0.25, 0.3) is 0 Å². The summed E-state index contributed by atoms with van der Waals surface area (Å²) in [5, 5.41) is 9.87. The first-order valence-corrected chi connectivity index (χ1v) is 8.84. The second-order valence-corrected chi connectivity index (χ2v) is 6.96. The van der Waals surface area contributed by atoms with E-state index in [-0.39, 0.29) is 0 Å². The van der Waals surface area contributed by atoms with Crippen molar-refractivity contribution in [1.29, 1.82) is 0 Å². The van der Waals surface area contributed by atoms with Gasteiger partial charge in [0.2, 0.25) is 0 Å². The normalized spacial score (nSPS) is 11.8. The number of aryl methyl sites for hydroxylation is 1. The van der Waals surface area contributed by atoms with Crippen LogP contribution in [0.3, 0.4) is 0 Å². The van der Waals surface area contributed by atoms with Crippen LogP contribution in [0.15, 0.2) is 29.3 Å². The van der Waals surface area contributed by atoms with E-state index < -0.39 is 11.7 Å². The number of aliphatic imine (C=N–C) groups is 1. The van der Waals surface area contributed by atoms with Gasteiger partial charge in [-0.1, -0.05) is 29.8 Å². The number of nitrogens with one attached hydrogen (secondary N) is 3. The van der Waals surface area contributed by atoms with Crippen LogP contribution >= 0.6 is 11.6 Å². The number of amides is 1. The minimum atomic E-state index is -0.489. The van der Waals surface area contributed by atoms with E-state index in [9.17, 15) is 4.79 Å². The second-order valence-electron chi connectivity index (χ2n) is 6.55. The van der Waals surface area contributed by atoms with Gasteiger partial charge in [0, 0.05) is 31.7 Å². The Morgan fingerprint density at radius 3 is 2.40 bits per heavy atom. The topological polar surface area (TPSA) is 74.8 Å². The number of alkyl carbamates (subject to hydrolysis) is 1. The van der Waals surface area contributed by atoms with Crippen molar-refractivity contribution in [3.63, 3.8) is 0 Å². The van der Waals surface area contributed by atoms with Gasteiger partial charge in [0.15, 0.2) is 5.96 Å². The van der Waals surface area contributed by atoms with E-state index >= 15 is 0 Å². The van der Waals surface area contributed by atoms with E-state index in [0.717, 1.165) is 30.0 Å². The molecule has 1 aromatic rings. The molecule has 7 heteroatoms. The van der Waals surface area contributed by atoms with Crippen LogP contribution in [-0.4, -0.2) is 44.3 Å². The first kappa shape index (κ1) is 21.1. The van der Waals surface area contributed by atoms with E-state index in [2.05, 4.69) is 20.9 Å². The lowest BCUT2D eigenvalue weighted by Crippen LogP contribution is -2.42. The van der Waals surface area contributed by atoms with E-state index in [1.165, 1.54) is 0 Å². The van der Waals surface area contributed by atoms with Gasteiger partial charge in [0.1, 0.15) is 5.60 Å². The Bertz CT molecular complexity index is 570. The number of benzene rings is 1. The van der Waals surface area contributed by atoms with Crippen molar-refractivity contribution in [3.05, 3.63) is 34.9 Å². The van der Waals surface area contributed by atoms with Gasteiger partial charge < -0.3 is 20.7 Å². The molecule has 140 valence electrons. The molecule has 0 fully saturated rings. The first-order valence-electron chi connectivity index (χ1n) is 8.46. The highest BCUT2D eigenvalue weighted by Gasteiger charge is 2.15. The fourth-order valence-electron chi connectivity index (χ4n) is 2.07. The molecule has 0 aliphatic carbocycles. The molecule has 25 heavy (non-hydrogen) atoms. The molecule has 1 aromatic carbocycles. The average Bonchev–Trinajstić information content (AvgIpc) is 2.53. The number of ether oxygens (including phenoxy) is 1. The molecule has 0 unspecified atom stereocenters. The summed E-state index contributed by atoms with van der Waals surface area (Å²) < 4.78 is 5.17. The maximum Gasteiger partial charge on any atom is 0.407 e. The molecular weight excluding hydrogens is 340 g/mol. The second kappa shape index (κ2) is 10.8. The highest BCUT2D eigenvalue weighted by Crippen LogP contribution is 2.16. The highest BCUT2D eigenvalue weighted by molar-refractivity contribution is 6.31. The minimum absolute atomic E-state index is 0.419. The van der Waals surface area contributed by atoms with Crippen molar-refractivity contribution in [1.82, 2.24) is 16.0 Å². The Morgan fingerprint density at radius 2 is 1.76 bits per heavy atom. The number of guanidine groups is 1. The standard InChI is InChI=1S/C18H29ClN4O2/c1-18(2,3)25-17(24)23-13-12-22-16(20-4)21-11-7-9-14-8-5-6-10-15(14)19/h5-6,8,10H,7,9,11-13H2,1-4H3,(H,23,24)(H2,20,21,22). The predicted octanol–water partition coefficient (Wildman–Crippen LogP) is 2.96. The summed E-state index contributed by atoms with van der Waals surface area (Å²) in [7, 11) is 1.71. The Hall–Kier alpha value is -1.95. The van der Waals surface area contributed by atoms with Crippen LogP contribution in [-0.2, 0) is 11.2 Å². The highest BCUT2D eigenvalue weighted by atomic mass is 35.5. The number of hydrogen-bond acceptors (Lipinski definition) is 3. The Labute approximate surface area is 155 Å². The molecule has 0 heterocycles. The molecule has 0 aliphatic heterocycles. The van der Waals surface area contributed by atoms with E-state index in [1.807, 2.05) is 45.0 Å². The lowest BCUT2D eigenvalue weighted by Gasteiger charge is -2.19. The number of carbonyl (C=O) groups is 1. The van der Waals surface area contributed by atoms with Gasteiger partial charge in [-0.05, 0) is 45.2 Å². The molecule has 1 rings (SSSR count). The van der Waals surface area contributed by atoms with Crippen LogP contribution in [0.2, 0.25) is 5.02 Å². The first-order chi connectivity index (χ1) is 11.8. The summed E-state index contributed by atoms with van der Waals surface area (Å²) in [4.78, 5) is 15.7. The van der Waals surface area contributed by atoms with Gasteiger partial charge in [-0.3, -0.25) is 4.99 Å².